The van der Waals surface area contributed by atoms with Gasteiger partial charge in [-0.1, -0.05) is 6.92 Å². The maximum atomic E-state index is 11.3. The average molecular weight is 199 g/mol. The van der Waals surface area contributed by atoms with Crippen molar-refractivity contribution in [2.75, 3.05) is 26.2 Å². The number of hydrogen-bond acceptors (Lipinski definition) is 3. The Labute approximate surface area is 86.0 Å². The minimum Gasteiger partial charge on any atom is -0.368 e. The van der Waals surface area contributed by atoms with Gasteiger partial charge in [0.05, 0.1) is 0 Å². The van der Waals surface area contributed by atoms with Gasteiger partial charge in [-0.05, 0) is 20.4 Å². The third-order valence-corrected chi connectivity index (χ3v) is 2.94. The summed E-state index contributed by atoms with van der Waals surface area (Å²) in [6, 6.07) is 0.287. The zero-order chi connectivity index (χ0) is 10.7. The fourth-order valence-electron chi connectivity index (χ4n) is 2.01. The summed E-state index contributed by atoms with van der Waals surface area (Å²) >= 11 is 0. The van der Waals surface area contributed by atoms with Crippen molar-refractivity contribution in [2.24, 2.45) is 5.73 Å². The molecular formula is C10H21N3O. The van der Waals surface area contributed by atoms with E-state index in [0.29, 0.717) is 6.04 Å². The van der Waals surface area contributed by atoms with E-state index in [1.807, 2.05) is 0 Å². The van der Waals surface area contributed by atoms with Gasteiger partial charge in [0.2, 0.25) is 5.91 Å². The van der Waals surface area contributed by atoms with Crippen LogP contribution in [0.25, 0.3) is 0 Å². The van der Waals surface area contributed by atoms with E-state index in [4.69, 9.17) is 5.73 Å². The van der Waals surface area contributed by atoms with E-state index < -0.39 is 0 Å². The number of hydrogen-bond donors (Lipinski definition) is 1. The first-order chi connectivity index (χ1) is 6.56. The number of likely N-dealkylation sites (N-methyl/N-ethyl adjacent to an activating group) is 1. The normalized spacial score (nSPS) is 25.6. The van der Waals surface area contributed by atoms with Gasteiger partial charge in [-0.15, -0.1) is 0 Å². The molecule has 1 rings (SSSR count). The number of nitrogens with two attached hydrogens (primary N) is 1. The van der Waals surface area contributed by atoms with Crippen LogP contribution in [0.2, 0.25) is 0 Å². The molecule has 14 heavy (non-hydrogen) atoms. The number of carbonyl (C=O) groups is 1. The van der Waals surface area contributed by atoms with E-state index in [1.54, 1.807) is 0 Å². The largest absolute Gasteiger partial charge is 0.368 e. The molecule has 0 radical (unpaired) electrons. The second kappa shape index (κ2) is 4.75. The van der Waals surface area contributed by atoms with Crippen molar-refractivity contribution in [1.82, 2.24) is 9.80 Å². The van der Waals surface area contributed by atoms with Crippen molar-refractivity contribution in [3.05, 3.63) is 0 Å². The summed E-state index contributed by atoms with van der Waals surface area (Å²) < 4.78 is 0. The highest BCUT2D eigenvalue weighted by atomic mass is 16.1. The quantitative estimate of drug-likeness (QED) is 0.690. The van der Waals surface area contributed by atoms with Crippen LogP contribution in [-0.4, -0.2) is 54.0 Å². The van der Waals surface area contributed by atoms with Crippen LogP contribution >= 0.6 is 0 Å². The van der Waals surface area contributed by atoms with Crippen molar-refractivity contribution in [2.45, 2.75) is 32.9 Å². The van der Waals surface area contributed by atoms with Gasteiger partial charge in [0, 0.05) is 25.7 Å². The van der Waals surface area contributed by atoms with E-state index in [1.165, 1.54) is 0 Å². The van der Waals surface area contributed by atoms with Crippen LogP contribution < -0.4 is 5.73 Å². The molecule has 0 bridgehead atoms. The summed E-state index contributed by atoms with van der Waals surface area (Å²) in [4.78, 5) is 15.7. The first kappa shape index (κ1) is 11.5. The SMILES string of the molecule is CCN1CCN(C(C)C)C(C(N)=O)C1. The number of primary amides is 1. The van der Waals surface area contributed by atoms with Gasteiger partial charge in [-0.2, -0.15) is 0 Å². The Hall–Kier alpha value is -0.610. The molecule has 1 heterocycles. The van der Waals surface area contributed by atoms with Gasteiger partial charge in [-0.3, -0.25) is 9.69 Å². The molecular weight excluding hydrogens is 178 g/mol. The van der Waals surface area contributed by atoms with Crippen LogP contribution in [-0.2, 0) is 4.79 Å². The molecule has 1 aliphatic heterocycles. The minimum atomic E-state index is -0.197. The summed E-state index contributed by atoms with van der Waals surface area (Å²) in [6.45, 7) is 10.1. The predicted molar refractivity (Wildman–Crippen MR) is 56.9 cm³/mol. The monoisotopic (exact) mass is 199 g/mol. The summed E-state index contributed by atoms with van der Waals surface area (Å²) in [6.07, 6.45) is 0. The molecule has 1 amide bonds. The molecule has 4 heteroatoms. The number of rotatable bonds is 3. The van der Waals surface area contributed by atoms with E-state index in [0.717, 1.165) is 26.2 Å². The molecule has 0 saturated carbocycles. The van der Waals surface area contributed by atoms with Gasteiger partial charge in [0.15, 0.2) is 0 Å². The van der Waals surface area contributed by atoms with Crippen LogP contribution in [0.3, 0.4) is 0 Å². The Morgan fingerprint density at radius 3 is 2.57 bits per heavy atom. The molecule has 0 aromatic heterocycles. The Bertz CT molecular complexity index is 206. The third kappa shape index (κ3) is 2.45. The van der Waals surface area contributed by atoms with E-state index in [9.17, 15) is 4.79 Å². The van der Waals surface area contributed by atoms with Crippen molar-refractivity contribution in [3.63, 3.8) is 0 Å². The molecule has 82 valence electrons. The molecule has 0 aliphatic carbocycles. The van der Waals surface area contributed by atoms with E-state index in [-0.39, 0.29) is 11.9 Å². The van der Waals surface area contributed by atoms with Gasteiger partial charge in [0.1, 0.15) is 6.04 Å². The molecule has 1 unspecified atom stereocenters. The Balaban J connectivity index is 2.65. The van der Waals surface area contributed by atoms with Crippen molar-refractivity contribution in [1.29, 1.82) is 0 Å². The van der Waals surface area contributed by atoms with Gasteiger partial charge < -0.3 is 10.6 Å². The molecule has 1 atom stereocenters. The summed E-state index contributed by atoms with van der Waals surface area (Å²) in [7, 11) is 0. The topological polar surface area (TPSA) is 49.6 Å². The number of carbonyl (C=O) groups excluding carboxylic acids is 1. The number of nitrogens with zero attached hydrogens (tertiary/aromatic N) is 2. The highest BCUT2D eigenvalue weighted by molar-refractivity contribution is 5.80. The van der Waals surface area contributed by atoms with Crippen molar-refractivity contribution >= 4 is 5.91 Å². The smallest absolute Gasteiger partial charge is 0.236 e. The van der Waals surface area contributed by atoms with E-state index in [2.05, 4.69) is 30.6 Å². The van der Waals surface area contributed by atoms with Crippen LogP contribution in [0.5, 0.6) is 0 Å². The molecule has 1 saturated heterocycles. The highest BCUT2D eigenvalue weighted by Crippen LogP contribution is 2.12. The Kier molecular flexibility index (Phi) is 3.89. The highest BCUT2D eigenvalue weighted by Gasteiger charge is 2.31. The lowest BCUT2D eigenvalue weighted by atomic mass is 10.1. The summed E-state index contributed by atoms with van der Waals surface area (Å²) in [5.74, 6) is -0.197. The van der Waals surface area contributed by atoms with Crippen LogP contribution in [0.15, 0.2) is 0 Å². The zero-order valence-electron chi connectivity index (χ0n) is 9.36. The van der Waals surface area contributed by atoms with Crippen LogP contribution in [0.1, 0.15) is 20.8 Å². The lowest BCUT2D eigenvalue weighted by Crippen LogP contribution is -2.59. The first-order valence-corrected chi connectivity index (χ1v) is 5.33. The maximum Gasteiger partial charge on any atom is 0.236 e. The molecule has 4 nitrogen and oxygen atoms in total. The van der Waals surface area contributed by atoms with Crippen molar-refractivity contribution < 1.29 is 4.79 Å². The van der Waals surface area contributed by atoms with Crippen LogP contribution in [0, 0.1) is 0 Å². The Morgan fingerprint density at radius 2 is 2.14 bits per heavy atom. The zero-order valence-corrected chi connectivity index (χ0v) is 9.36. The summed E-state index contributed by atoms with van der Waals surface area (Å²) in [5, 5.41) is 0. The third-order valence-electron chi connectivity index (χ3n) is 2.94. The van der Waals surface area contributed by atoms with Crippen molar-refractivity contribution in [3.8, 4) is 0 Å². The first-order valence-electron chi connectivity index (χ1n) is 5.33. The van der Waals surface area contributed by atoms with Gasteiger partial charge in [-0.25, -0.2) is 0 Å². The number of amides is 1. The average Bonchev–Trinajstić information content (AvgIpc) is 2.16. The molecule has 1 fully saturated rings. The molecule has 0 aromatic rings. The second-order valence-electron chi connectivity index (χ2n) is 4.14. The molecule has 1 aliphatic rings. The maximum absolute atomic E-state index is 11.3. The standard InChI is InChI=1S/C10H21N3O/c1-4-12-5-6-13(8(2)3)9(7-12)10(11)14/h8-9H,4-7H2,1-3H3,(H2,11,14). The van der Waals surface area contributed by atoms with Crippen LogP contribution in [0.4, 0.5) is 0 Å². The van der Waals surface area contributed by atoms with Gasteiger partial charge >= 0.3 is 0 Å². The molecule has 2 N–H and O–H groups in total. The molecule has 0 spiro atoms. The van der Waals surface area contributed by atoms with Gasteiger partial charge in [0.25, 0.3) is 0 Å². The fourth-order valence-corrected chi connectivity index (χ4v) is 2.01. The minimum absolute atomic E-state index is 0.108. The number of piperazine rings is 1. The molecule has 0 aromatic carbocycles. The lowest BCUT2D eigenvalue weighted by molar-refractivity contribution is -0.126. The Morgan fingerprint density at radius 1 is 1.50 bits per heavy atom. The predicted octanol–water partition coefficient (Wildman–Crippen LogP) is -0.114. The second-order valence-corrected chi connectivity index (χ2v) is 4.14. The van der Waals surface area contributed by atoms with E-state index >= 15 is 0 Å². The summed E-state index contributed by atoms with van der Waals surface area (Å²) in [5.41, 5.74) is 5.41. The lowest BCUT2D eigenvalue weighted by Gasteiger charge is -2.41. The fraction of sp³-hybridized carbons (Fsp3) is 0.900.